The summed E-state index contributed by atoms with van der Waals surface area (Å²) in [5.41, 5.74) is 0.814. The lowest BCUT2D eigenvalue weighted by Crippen LogP contribution is -2.19. The molecule has 1 N–H and O–H groups in total. The molecule has 0 bridgehead atoms. The molecule has 90 valence electrons. The molecule has 0 saturated heterocycles. The first-order chi connectivity index (χ1) is 7.74. The van der Waals surface area contributed by atoms with Gasteiger partial charge in [0.2, 0.25) is 0 Å². The minimum Gasteiger partial charge on any atom is -0.493 e. The number of aliphatic hydroxyl groups is 1. The SMILES string of the molecule is COc1cnn(C)c1C(O)C1CCCCC1. The third kappa shape index (κ3) is 2.07. The van der Waals surface area contributed by atoms with E-state index in [-0.39, 0.29) is 0 Å². The van der Waals surface area contributed by atoms with Gasteiger partial charge in [-0.2, -0.15) is 5.10 Å². The lowest BCUT2D eigenvalue weighted by atomic mass is 9.84. The summed E-state index contributed by atoms with van der Waals surface area (Å²) in [5, 5.41) is 14.5. The lowest BCUT2D eigenvalue weighted by Gasteiger charge is -2.26. The molecule has 1 aliphatic carbocycles. The van der Waals surface area contributed by atoms with Crippen molar-refractivity contribution < 1.29 is 9.84 Å². The van der Waals surface area contributed by atoms with E-state index in [0.29, 0.717) is 11.7 Å². The van der Waals surface area contributed by atoms with Gasteiger partial charge in [-0.1, -0.05) is 19.3 Å². The second-order valence-electron chi connectivity index (χ2n) is 4.56. The maximum Gasteiger partial charge on any atom is 0.162 e. The predicted octanol–water partition coefficient (Wildman–Crippen LogP) is 2.04. The van der Waals surface area contributed by atoms with Crippen LogP contribution >= 0.6 is 0 Å². The Bertz CT molecular complexity index is 343. The molecule has 0 spiro atoms. The van der Waals surface area contributed by atoms with Crippen LogP contribution in [0.4, 0.5) is 0 Å². The minimum atomic E-state index is -0.442. The summed E-state index contributed by atoms with van der Waals surface area (Å²) in [6.45, 7) is 0. The zero-order valence-electron chi connectivity index (χ0n) is 10.0. The summed E-state index contributed by atoms with van der Waals surface area (Å²) in [6, 6.07) is 0. The topological polar surface area (TPSA) is 47.3 Å². The zero-order chi connectivity index (χ0) is 11.5. The Morgan fingerprint density at radius 1 is 1.44 bits per heavy atom. The molecule has 16 heavy (non-hydrogen) atoms. The molecular weight excluding hydrogens is 204 g/mol. The van der Waals surface area contributed by atoms with E-state index in [0.717, 1.165) is 18.5 Å². The summed E-state index contributed by atoms with van der Waals surface area (Å²) >= 11 is 0. The van der Waals surface area contributed by atoms with Gasteiger partial charge in [-0.15, -0.1) is 0 Å². The van der Waals surface area contributed by atoms with Crippen LogP contribution in [0.3, 0.4) is 0 Å². The van der Waals surface area contributed by atoms with Crippen LogP contribution in [0.25, 0.3) is 0 Å². The summed E-state index contributed by atoms with van der Waals surface area (Å²) < 4.78 is 6.96. The highest BCUT2D eigenvalue weighted by Gasteiger charge is 2.28. The first kappa shape index (κ1) is 11.5. The number of nitrogens with zero attached hydrogens (tertiary/aromatic N) is 2. The molecule has 0 aromatic carbocycles. The van der Waals surface area contributed by atoms with E-state index in [1.165, 1.54) is 19.3 Å². The van der Waals surface area contributed by atoms with E-state index in [1.54, 1.807) is 18.0 Å². The third-order valence-corrected chi connectivity index (χ3v) is 3.55. The summed E-state index contributed by atoms with van der Waals surface area (Å²) in [7, 11) is 3.47. The number of aliphatic hydroxyl groups excluding tert-OH is 1. The summed E-state index contributed by atoms with van der Waals surface area (Å²) in [6.07, 6.45) is 7.18. The molecule has 4 nitrogen and oxygen atoms in total. The van der Waals surface area contributed by atoms with Gasteiger partial charge in [-0.05, 0) is 18.8 Å². The fourth-order valence-electron chi connectivity index (χ4n) is 2.59. The van der Waals surface area contributed by atoms with Crippen molar-refractivity contribution in [2.24, 2.45) is 13.0 Å². The van der Waals surface area contributed by atoms with E-state index in [4.69, 9.17) is 4.74 Å². The number of aromatic nitrogens is 2. The van der Waals surface area contributed by atoms with Crippen LogP contribution in [0.1, 0.15) is 43.9 Å². The lowest BCUT2D eigenvalue weighted by molar-refractivity contribution is 0.0753. The molecule has 1 saturated carbocycles. The number of hydrogen-bond donors (Lipinski definition) is 1. The van der Waals surface area contributed by atoms with Gasteiger partial charge in [0.15, 0.2) is 5.75 Å². The molecule has 1 atom stereocenters. The molecule has 4 heteroatoms. The Kier molecular flexibility index (Phi) is 3.49. The van der Waals surface area contributed by atoms with Crippen LogP contribution in [0.5, 0.6) is 5.75 Å². The first-order valence-electron chi connectivity index (χ1n) is 5.98. The van der Waals surface area contributed by atoms with Crippen LogP contribution < -0.4 is 4.74 Å². The van der Waals surface area contributed by atoms with Crippen molar-refractivity contribution >= 4 is 0 Å². The van der Waals surface area contributed by atoms with Crippen LogP contribution in [0.2, 0.25) is 0 Å². The summed E-state index contributed by atoms with van der Waals surface area (Å²) in [5.74, 6) is 1.05. The van der Waals surface area contributed by atoms with E-state index >= 15 is 0 Å². The molecule has 0 aliphatic heterocycles. The van der Waals surface area contributed by atoms with Gasteiger partial charge < -0.3 is 9.84 Å². The average molecular weight is 224 g/mol. The van der Waals surface area contributed by atoms with E-state index in [9.17, 15) is 5.11 Å². The fourth-order valence-corrected chi connectivity index (χ4v) is 2.59. The van der Waals surface area contributed by atoms with Crippen molar-refractivity contribution in [1.29, 1.82) is 0 Å². The van der Waals surface area contributed by atoms with Gasteiger partial charge in [0.25, 0.3) is 0 Å². The standard InChI is InChI=1S/C12H20N2O2/c1-14-11(10(16-2)8-13-14)12(15)9-6-4-3-5-7-9/h8-9,12,15H,3-7H2,1-2H3. The first-order valence-corrected chi connectivity index (χ1v) is 5.98. The fraction of sp³-hybridized carbons (Fsp3) is 0.750. The summed E-state index contributed by atoms with van der Waals surface area (Å²) in [4.78, 5) is 0. The molecule has 0 radical (unpaired) electrons. The molecule has 1 aromatic heterocycles. The highest BCUT2D eigenvalue weighted by atomic mass is 16.5. The average Bonchev–Trinajstić information content (AvgIpc) is 2.70. The van der Waals surface area contributed by atoms with Gasteiger partial charge in [-0.25, -0.2) is 0 Å². The van der Waals surface area contributed by atoms with Crippen molar-refractivity contribution in [3.05, 3.63) is 11.9 Å². The molecule has 0 amide bonds. The van der Waals surface area contributed by atoms with Crippen LogP contribution in [-0.4, -0.2) is 22.0 Å². The smallest absolute Gasteiger partial charge is 0.162 e. The highest BCUT2D eigenvalue weighted by Crippen LogP contribution is 2.37. The van der Waals surface area contributed by atoms with Gasteiger partial charge in [0.05, 0.1) is 13.3 Å². The number of hydrogen-bond acceptors (Lipinski definition) is 3. The Hall–Kier alpha value is -1.03. The number of aryl methyl sites for hydroxylation is 1. The second kappa shape index (κ2) is 4.87. The monoisotopic (exact) mass is 224 g/mol. The molecule has 2 rings (SSSR count). The zero-order valence-corrected chi connectivity index (χ0v) is 10.0. The maximum atomic E-state index is 10.4. The maximum absolute atomic E-state index is 10.4. The molecular formula is C12H20N2O2. The Morgan fingerprint density at radius 3 is 2.75 bits per heavy atom. The van der Waals surface area contributed by atoms with Crippen molar-refractivity contribution in [1.82, 2.24) is 9.78 Å². The van der Waals surface area contributed by atoms with Gasteiger partial charge in [0.1, 0.15) is 11.8 Å². The van der Waals surface area contributed by atoms with Crippen molar-refractivity contribution in [3.8, 4) is 5.75 Å². The van der Waals surface area contributed by atoms with E-state index < -0.39 is 6.10 Å². The highest BCUT2D eigenvalue weighted by molar-refractivity contribution is 5.27. The molecule has 1 fully saturated rings. The van der Waals surface area contributed by atoms with Gasteiger partial charge in [-0.3, -0.25) is 4.68 Å². The Morgan fingerprint density at radius 2 is 2.12 bits per heavy atom. The molecule has 1 unspecified atom stereocenters. The minimum absolute atomic E-state index is 0.359. The van der Waals surface area contributed by atoms with Crippen molar-refractivity contribution in [2.45, 2.75) is 38.2 Å². The largest absolute Gasteiger partial charge is 0.493 e. The van der Waals surface area contributed by atoms with E-state index in [2.05, 4.69) is 5.10 Å². The van der Waals surface area contributed by atoms with Crippen molar-refractivity contribution in [3.63, 3.8) is 0 Å². The number of ether oxygens (including phenoxy) is 1. The van der Waals surface area contributed by atoms with Crippen molar-refractivity contribution in [2.75, 3.05) is 7.11 Å². The van der Waals surface area contributed by atoms with Crippen LogP contribution in [0, 0.1) is 5.92 Å². The Labute approximate surface area is 96.2 Å². The third-order valence-electron chi connectivity index (χ3n) is 3.55. The molecule has 1 heterocycles. The molecule has 1 aliphatic rings. The number of rotatable bonds is 3. The normalized spacial score (nSPS) is 19.7. The quantitative estimate of drug-likeness (QED) is 0.854. The second-order valence-corrected chi connectivity index (χ2v) is 4.56. The number of methoxy groups -OCH3 is 1. The van der Waals surface area contributed by atoms with Crippen LogP contribution in [-0.2, 0) is 7.05 Å². The van der Waals surface area contributed by atoms with Gasteiger partial charge >= 0.3 is 0 Å². The van der Waals surface area contributed by atoms with Crippen LogP contribution in [0.15, 0.2) is 6.20 Å². The molecule has 1 aromatic rings. The Balaban J connectivity index is 2.18. The predicted molar refractivity (Wildman–Crippen MR) is 61.3 cm³/mol. The van der Waals surface area contributed by atoms with E-state index in [1.807, 2.05) is 7.05 Å². The van der Waals surface area contributed by atoms with Gasteiger partial charge in [0, 0.05) is 7.05 Å².